The first-order chi connectivity index (χ1) is 13.1. The highest BCUT2D eigenvalue weighted by atomic mass is 16.6. The van der Waals surface area contributed by atoms with Gasteiger partial charge in [-0.3, -0.25) is 4.79 Å². The van der Waals surface area contributed by atoms with E-state index in [0.717, 1.165) is 17.0 Å². The molecular formula is C22H25NO4. The smallest absolute Gasteiger partial charge is 0.296 e. The quantitative estimate of drug-likeness (QED) is 0.766. The Morgan fingerprint density at radius 3 is 2.33 bits per heavy atom. The number of rotatable bonds is 6. The minimum Gasteiger partial charge on any atom is -0.497 e. The molecular weight excluding hydrogens is 342 g/mol. The Morgan fingerprint density at radius 1 is 1.07 bits per heavy atom. The fourth-order valence-corrected chi connectivity index (χ4v) is 2.85. The van der Waals surface area contributed by atoms with E-state index in [1.807, 2.05) is 24.3 Å². The van der Waals surface area contributed by atoms with Gasteiger partial charge in [-0.1, -0.05) is 38.1 Å². The Hall–Kier alpha value is -2.95. The molecule has 5 nitrogen and oxygen atoms in total. The van der Waals surface area contributed by atoms with Crippen molar-refractivity contribution in [3.63, 3.8) is 0 Å². The molecule has 1 aliphatic rings. The lowest BCUT2D eigenvalue weighted by Gasteiger charge is -2.25. The fraction of sp³-hybridized carbons (Fsp3) is 0.318. The van der Waals surface area contributed by atoms with Crippen molar-refractivity contribution in [2.24, 2.45) is 0 Å². The SMILES string of the molecule is COc1ccc(N(Cc2ccc(C(C)C)cc2)C(=O)C2=COCCO2)cc1. The largest absolute Gasteiger partial charge is 0.497 e. The molecule has 0 spiro atoms. The summed E-state index contributed by atoms with van der Waals surface area (Å²) in [5.41, 5.74) is 3.08. The lowest BCUT2D eigenvalue weighted by atomic mass is 10.0. The third-order valence-corrected chi connectivity index (χ3v) is 4.48. The molecule has 0 saturated heterocycles. The molecule has 0 radical (unpaired) electrons. The van der Waals surface area contributed by atoms with Gasteiger partial charge in [0.05, 0.1) is 13.7 Å². The Balaban J connectivity index is 1.88. The number of carbonyl (C=O) groups excluding carboxylic acids is 1. The van der Waals surface area contributed by atoms with Gasteiger partial charge in [0.25, 0.3) is 5.91 Å². The average Bonchev–Trinajstić information content (AvgIpc) is 2.72. The van der Waals surface area contributed by atoms with E-state index in [1.165, 1.54) is 11.8 Å². The highest BCUT2D eigenvalue weighted by Gasteiger charge is 2.24. The van der Waals surface area contributed by atoms with Crippen LogP contribution in [-0.4, -0.2) is 26.2 Å². The Bertz CT molecular complexity index is 794. The topological polar surface area (TPSA) is 48.0 Å². The molecule has 2 aromatic carbocycles. The van der Waals surface area contributed by atoms with Crippen molar-refractivity contribution < 1.29 is 19.0 Å². The van der Waals surface area contributed by atoms with Gasteiger partial charge in [0, 0.05) is 5.69 Å². The first kappa shape index (κ1) is 18.8. The highest BCUT2D eigenvalue weighted by molar-refractivity contribution is 6.04. The number of hydrogen-bond acceptors (Lipinski definition) is 4. The Morgan fingerprint density at radius 2 is 1.78 bits per heavy atom. The van der Waals surface area contributed by atoms with Gasteiger partial charge in [-0.05, 0) is 41.3 Å². The number of ether oxygens (including phenoxy) is 3. The van der Waals surface area contributed by atoms with Crippen molar-refractivity contribution in [3.05, 3.63) is 71.7 Å². The molecule has 0 atom stereocenters. The summed E-state index contributed by atoms with van der Waals surface area (Å²) in [6.07, 6.45) is 1.39. The van der Waals surface area contributed by atoms with Crippen LogP contribution in [0.4, 0.5) is 5.69 Å². The predicted molar refractivity (Wildman–Crippen MR) is 105 cm³/mol. The van der Waals surface area contributed by atoms with Gasteiger partial charge in [0.2, 0.25) is 5.76 Å². The summed E-state index contributed by atoms with van der Waals surface area (Å²) >= 11 is 0. The molecule has 5 heteroatoms. The van der Waals surface area contributed by atoms with E-state index in [-0.39, 0.29) is 11.7 Å². The van der Waals surface area contributed by atoms with Crippen molar-refractivity contribution in [1.29, 1.82) is 0 Å². The average molecular weight is 367 g/mol. The molecule has 0 aromatic heterocycles. The summed E-state index contributed by atoms with van der Waals surface area (Å²) in [5, 5.41) is 0. The molecule has 2 aromatic rings. The predicted octanol–water partition coefficient (Wildman–Crippen LogP) is 4.24. The van der Waals surface area contributed by atoms with Crippen LogP contribution >= 0.6 is 0 Å². The standard InChI is InChI=1S/C22H25NO4/c1-16(2)18-6-4-17(5-7-18)14-23(19-8-10-20(25-3)11-9-19)22(24)21-15-26-12-13-27-21/h4-11,15-16H,12-14H2,1-3H3. The van der Waals surface area contributed by atoms with Gasteiger partial charge < -0.3 is 19.1 Å². The molecule has 142 valence electrons. The molecule has 3 rings (SSSR count). The first-order valence-electron chi connectivity index (χ1n) is 9.08. The zero-order valence-electron chi connectivity index (χ0n) is 16.0. The van der Waals surface area contributed by atoms with Gasteiger partial charge in [-0.25, -0.2) is 0 Å². The van der Waals surface area contributed by atoms with Gasteiger partial charge in [-0.2, -0.15) is 0 Å². The van der Waals surface area contributed by atoms with Crippen LogP contribution in [0, 0.1) is 0 Å². The third kappa shape index (κ3) is 4.61. The van der Waals surface area contributed by atoms with Crippen LogP contribution in [0.2, 0.25) is 0 Å². The van der Waals surface area contributed by atoms with E-state index < -0.39 is 0 Å². The van der Waals surface area contributed by atoms with E-state index in [2.05, 4.69) is 38.1 Å². The van der Waals surface area contributed by atoms with E-state index >= 15 is 0 Å². The van der Waals surface area contributed by atoms with E-state index in [1.54, 1.807) is 12.0 Å². The summed E-state index contributed by atoms with van der Waals surface area (Å²) in [6, 6.07) is 15.7. The van der Waals surface area contributed by atoms with Crippen molar-refractivity contribution in [2.75, 3.05) is 25.2 Å². The minimum atomic E-state index is -0.229. The van der Waals surface area contributed by atoms with Gasteiger partial charge >= 0.3 is 0 Å². The number of anilines is 1. The second-order valence-corrected chi connectivity index (χ2v) is 6.69. The highest BCUT2D eigenvalue weighted by Crippen LogP contribution is 2.24. The lowest BCUT2D eigenvalue weighted by Crippen LogP contribution is -2.33. The van der Waals surface area contributed by atoms with Crippen LogP contribution in [0.5, 0.6) is 5.75 Å². The maximum absolute atomic E-state index is 13.1. The molecule has 0 saturated carbocycles. The number of nitrogens with zero attached hydrogens (tertiary/aromatic N) is 1. The Labute approximate surface area is 160 Å². The number of benzene rings is 2. The van der Waals surface area contributed by atoms with Crippen LogP contribution in [0.25, 0.3) is 0 Å². The van der Waals surface area contributed by atoms with Crippen molar-refractivity contribution in [3.8, 4) is 5.75 Å². The molecule has 0 aliphatic carbocycles. The third-order valence-electron chi connectivity index (χ3n) is 4.48. The van der Waals surface area contributed by atoms with Crippen LogP contribution in [0.15, 0.2) is 60.6 Å². The van der Waals surface area contributed by atoms with Crippen molar-refractivity contribution in [2.45, 2.75) is 26.3 Å². The lowest BCUT2D eigenvalue weighted by molar-refractivity contribution is -0.120. The molecule has 27 heavy (non-hydrogen) atoms. The number of methoxy groups -OCH3 is 1. The molecule has 0 bridgehead atoms. The van der Waals surface area contributed by atoms with Crippen molar-refractivity contribution in [1.82, 2.24) is 0 Å². The maximum atomic E-state index is 13.1. The molecule has 1 heterocycles. The Kier molecular flexibility index (Phi) is 6.01. The molecule has 0 fully saturated rings. The summed E-state index contributed by atoms with van der Waals surface area (Å²) in [7, 11) is 1.62. The fourth-order valence-electron chi connectivity index (χ4n) is 2.85. The van der Waals surface area contributed by atoms with Crippen LogP contribution in [-0.2, 0) is 20.8 Å². The van der Waals surface area contributed by atoms with Crippen LogP contribution in [0.1, 0.15) is 30.9 Å². The zero-order chi connectivity index (χ0) is 19.2. The van der Waals surface area contributed by atoms with E-state index in [4.69, 9.17) is 14.2 Å². The van der Waals surface area contributed by atoms with E-state index in [0.29, 0.717) is 25.7 Å². The minimum absolute atomic E-state index is 0.218. The normalized spacial score (nSPS) is 13.4. The summed E-state index contributed by atoms with van der Waals surface area (Å²) in [5.74, 6) is 1.20. The summed E-state index contributed by atoms with van der Waals surface area (Å²) in [4.78, 5) is 14.7. The van der Waals surface area contributed by atoms with Crippen LogP contribution in [0.3, 0.4) is 0 Å². The summed E-state index contributed by atoms with van der Waals surface area (Å²) in [6.45, 7) is 5.58. The molecule has 0 unspecified atom stereocenters. The van der Waals surface area contributed by atoms with E-state index in [9.17, 15) is 4.79 Å². The van der Waals surface area contributed by atoms with Gasteiger partial charge in [-0.15, -0.1) is 0 Å². The zero-order valence-corrected chi connectivity index (χ0v) is 16.0. The maximum Gasteiger partial charge on any atom is 0.296 e. The van der Waals surface area contributed by atoms with Gasteiger partial charge in [0.1, 0.15) is 25.2 Å². The number of carbonyl (C=O) groups is 1. The monoisotopic (exact) mass is 367 g/mol. The number of hydrogen-bond donors (Lipinski definition) is 0. The molecule has 1 amide bonds. The summed E-state index contributed by atoms with van der Waals surface area (Å²) < 4.78 is 16.0. The number of amides is 1. The second kappa shape index (κ2) is 8.62. The van der Waals surface area contributed by atoms with Gasteiger partial charge in [0.15, 0.2) is 0 Å². The van der Waals surface area contributed by atoms with Crippen LogP contribution < -0.4 is 9.64 Å². The molecule has 1 aliphatic heterocycles. The first-order valence-corrected chi connectivity index (χ1v) is 9.08. The second-order valence-electron chi connectivity index (χ2n) is 6.69. The molecule has 0 N–H and O–H groups in total. The van der Waals surface area contributed by atoms with Crippen molar-refractivity contribution >= 4 is 11.6 Å².